The summed E-state index contributed by atoms with van der Waals surface area (Å²) in [5.74, 6) is 0.411. The third-order valence-electron chi connectivity index (χ3n) is 4.79. The number of hydrogen-bond acceptors (Lipinski definition) is 1. The molecule has 3 heteroatoms. The molecule has 0 spiro atoms. The van der Waals surface area contributed by atoms with Crippen molar-refractivity contribution in [2.24, 2.45) is 0 Å². The van der Waals surface area contributed by atoms with Gasteiger partial charge in [-0.1, -0.05) is 54.1 Å². The van der Waals surface area contributed by atoms with E-state index in [-0.39, 0.29) is 17.0 Å². The quantitative estimate of drug-likeness (QED) is 0.672. The van der Waals surface area contributed by atoms with Gasteiger partial charge in [0.1, 0.15) is 0 Å². The lowest BCUT2D eigenvalue weighted by Crippen LogP contribution is -2.34. The van der Waals surface area contributed by atoms with Crippen LogP contribution in [0.5, 0.6) is 0 Å². The lowest BCUT2D eigenvalue weighted by molar-refractivity contribution is 0.230. The highest BCUT2D eigenvalue weighted by Gasteiger charge is 2.36. The second-order valence-corrected chi connectivity index (χ2v) is 6.26. The van der Waals surface area contributed by atoms with Crippen LogP contribution in [0.25, 0.3) is 0 Å². The van der Waals surface area contributed by atoms with Crippen LogP contribution in [0.4, 0.5) is 0 Å². The van der Waals surface area contributed by atoms with Crippen molar-refractivity contribution in [2.75, 3.05) is 13.1 Å². The Labute approximate surface area is 141 Å². The predicted octanol–water partition coefficient (Wildman–Crippen LogP) is 5.20. The van der Waals surface area contributed by atoms with Crippen LogP contribution in [0.2, 0.25) is 5.02 Å². The average molecular weight is 365 g/mol. The Morgan fingerprint density at radius 3 is 2.33 bits per heavy atom. The summed E-state index contributed by atoms with van der Waals surface area (Å²) in [5.41, 5.74) is 4.26. The molecule has 0 saturated carbocycles. The predicted molar refractivity (Wildman–Crippen MR) is 93.6 cm³/mol. The minimum absolute atomic E-state index is 0. The molecule has 0 N–H and O–H groups in total. The first-order valence-electron chi connectivity index (χ1n) is 7.42. The first-order valence-corrected chi connectivity index (χ1v) is 7.79. The molecule has 0 amide bonds. The maximum Gasteiger partial charge on any atom is 0.0444 e. The Hall–Kier alpha value is -0.830. The molecule has 0 aliphatic carbocycles. The van der Waals surface area contributed by atoms with Gasteiger partial charge in [0, 0.05) is 23.5 Å². The van der Waals surface area contributed by atoms with Crippen molar-refractivity contribution >= 4 is 28.6 Å². The van der Waals surface area contributed by atoms with Gasteiger partial charge in [0.2, 0.25) is 0 Å². The van der Waals surface area contributed by atoms with E-state index in [1.165, 1.54) is 36.1 Å². The fourth-order valence-electron chi connectivity index (χ4n) is 3.88. The lowest BCUT2D eigenvalue weighted by atomic mass is 9.82. The van der Waals surface area contributed by atoms with Crippen LogP contribution < -0.4 is 0 Å². The standard InChI is InChI=1S/C18H18ClN.BrH/c19-17-9-4-3-7-14(17)16-12-20-11-5-10-18(20)15-8-2-1-6-13(15)16;/h1-4,6-9,16,18H,5,10-12H2;1H/t16-,18-;/m1./s1. The molecular weight excluding hydrogens is 346 g/mol. The fourth-order valence-corrected chi connectivity index (χ4v) is 4.15. The highest BCUT2D eigenvalue weighted by Crippen LogP contribution is 2.45. The minimum Gasteiger partial charge on any atom is -0.295 e. The molecule has 0 aromatic heterocycles. The molecule has 1 saturated heterocycles. The van der Waals surface area contributed by atoms with E-state index in [0.29, 0.717) is 12.0 Å². The summed E-state index contributed by atoms with van der Waals surface area (Å²) in [7, 11) is 0. The summed E-state index contributed by atoms with van der Waals surface area (Å²) in [5, 5.41) is 0.893. The molecule has 2 aromatic carbocycles. The van der Waals surface area contributed by atoms with Gasteiger partial charge >= 0.3 is 0 Å². The van der Waals surface area contributed by atoms with Gasteiger partial charge in [0.25, 0.3) is 0 Å². The summed E-state index contributed by atoms with van der Waals surface area (Å²) in [4.78, 5) is 2.64. The zero-order valence-corrected chi connectivity index (χ0v) is 14.3. The SMILES string of the molecule is Br.Clc1ccccc1[C@@H]1CN2CCC[C@@H]2c2ccccc21. The van der Waals surface area contributed by atoms with Gasteiger partial charge in [-0.15, -0.1) is 17.0 Å². The number of nitrogens with zero attached hydrogens (tertiary/aromatic N) is 1. The van der Waals surface area contributed by atoms with Gasteiger partial charge in [0.05, 0.1) is 0 Å². The van der Waals surface area contributed by atoms with Gasteiger partial charge in [-0.25, -0.2) is 0 Å². The highest BCUT2D eigenvalue weighted by molar-refractivity contribution is 8.93. The second kappa shape index (κ2) is 6.12. The van der Waals surface area contributed by atoms with Crippen molar-refractivity contribution < 1.29 is 0 Å². The normalized spacial score (nSPS) is 24.0. The summed E-state index contributed by atoms with van der Waals surface area (Å²) in [6.45, 7) is 2.32. The van der Waals surface area contributed by atoms with Crippen molar-refractivity contribution in [3.05, 3.63) is 70.2 Å². The van der Waals surface area contributed by atoms with Gasteiger partial charge in [-0.05, 0) is 42.1 Å². The lowest BCUT2D eigenvalue weighted by Gasteiger charge is -2.37. The zero-order chi connectivity index (χ0) is 13.5. The Balaban J connectivity index is 0.00000132. The molecule has 2 aliphatic heterocycles. The first kappa shape index (κ1) is 15.1. The molecular formula is C18H19BrClN. The number of halogens is 2. The molecule has 1 nitrogen and oxygen atoms in total. The van der Waals surface area contributed by atoms with Gasteiger partial charge < -0.3 is 0 Å². The van der Waals surface area contributed by atoms with Crippen molar-refractivity contribution in [3.8, 4) is 0 Å². The van der Waals surface area contributed by atoms with Gasteiger partial charge in [-0.2, -0.15) is 0 Å². The van der Waals surface area contributed by atoms with Crippen LogP contribution in [0.15, 0.2) is 48.5 Å². The van der Waals surface area contributed by atoms with Crippen LogP contribution in [-0.2, 0) is 0 Å². The molecule has 110 valence electrons. The highest BCUT2D eigenvalue weighted by atomic mass is 79.9. The van der Waals surface area contributed by atoms with E-state index in [2.05, 4.69) is 41.3 Å². The first-order chi connectivity index (χ1) is 9.84. The number of fused-ring (bicyclic) bond motifs is 3. The Kier molecular flexibility index (Phi) is 4.39. The molecule has 0 unspecified atom stereocenters. The van der Waals surface area contributed by atoms with E-state index in [0.717, 1.165) is 11.6 Å². The summed E-state index contributed by atoms with van der Waals surface area (Å²) < 4.78 is 0. The molecule has 21 heavy (non-hydrogen) atoms. The molecule has 0 bridgehead atoms. The largest absolute Gasteiger partial charge is 0.295 e. The summed E-state index contributed by atoms with van der Waals surface area (Å²) >= 11 is 6.45. The Morgan fingerprint density at radius 2 is 1.57 bits per heavy atom. The van der Waals surface area contributed by atoms with Crippen molar-refractivity contribution in [2.45, 2.75) is 24.8 Å². The monoisotopic (exact) mass is 363 g/mol. The molecule has 4 rings (SSSR count). The van der Waals surface area contributed by atoms with Crippen molar-refractivity contribution in [3.63, 3.8) is 0 Å². The second-order valence-electron chi connectivity index (χ2n) is 5.86. The molecule has 2 heterocycles. The maximum absolute atomic E-state index is 6.45. The molecule has 0 radical (unpaired) electrons. The van der Waals surface area contributed by atoms with Crippen LogP contribution in [-0.4, -0.2) is 18.0 Å². The van der Waals surface area contributed by atoms with E-state index in [9.17, 15) is 0 Å². The zero-order valence-electron chi connectivity index (χ0n) is 11.8. The minimum atomic E-state index is 0. The third-order valence-corrected chi connectivity index (χ3v) is 5.14. The number of rotatable bonds is 1. The van der Waals surface area contributed by atoms with E-state index < -0.39 is 0 Å². The van der Waals surface area contributed by atoms with Gasteiger partial charge in [0.15, 0.2) is 0 Å². The summed E-state index contributed by atoms with van der Waals surface area (Å²) in [6, 6.07) is 17.9. The van der Waals surface area contributed by atoms with E-state index in [4.69, 9.17) is 11.6 Å². The van der Waals surface area contributed by atoms with Crippen molar-refractivity contribution in [1.29, 1.82) is 0 Å². The van der Waals surface area contributed by atoms with E-state index >= 15 is 0 Å². The number of hydrogen-bond donors (Lipinski definition) is 0. The average Bonchev–Trinajstić information content (AvgIpc) is 2.96. The molecule has 2 atom stereocenters. The van der Waals surface area contributed by atoms with Crippen LogP contribution in [0.1, 0.15) is 41.5 Å². The molecule has 2 aliphatic rings. The van der Waals surface area contributed by atoms with Crippen LogP contribution in [0.3, 0.4) is 0 Å². The molecule has 2 aromatic rings. The van der Waals surface area contributed by atoms with E-state index in [1.54, 1.807) is 0 Å². The fraction of sp³-hybridized carbons (Fsp3) is 0.333. The smallest absolute Gasteiger partial charge is 0.0444 e. The Bertz CT molecular complexity index is 643. The van der Waals surface area contributed by atoms with Crippen molar-refractivity contribution in [1.82, 2.24) is 4.90 Å². The Morgan fingerprint density at radius 1 is 0.905 bits per heavy atom. The molecule has 1 fully saturated rings. The summed E-state index contributed by atoms with van der Waals surface area (Å²) in [6.07, 6.45) is 2.61. The van der Waals surface area contributed by atoms with Crippen LogP contribution >= 0.6 is 28.6 Å². The topological polar surface area (TPSA) is 3.24 Å². The van der Waals surface area contributed by atoms with Gasteiger partial charge in [-0.3, -0.25) is 4.90 Å². The number of benzene rings is 2. The third kappa shape index (κ3) is 2.54. The van der Waals surface area contributed by atoms with Crippen LogP contribution in [0, 0.1) is 0 Å². The maximum atomic E-state index is 6.45. The van der Waals surface area contributed by atoms with E-state index in [1.807, 2.05) is 12.1 Å².